The van der Waals surface area contributed by atoms with Gasteiger partial charge >= 0.3 is 0 Å². The number of rotatable bonds is 6. The summed E-state index contributed by atoms with van der Waals surface area (Å²) >= 11 is 4.74. The van der Waals surface area contributed by atoms with Crippen molar-refractivity contribution in [3.05, 3.63) is 57.6 Å². The third kappa shape index (κ3) is 4.47. The molecule has 1 aromatic carbocycles. The van der Waals surface area contributed by atoms with E-state index in [1.807, 2.05) is 29.8 Å². The number of thiophene rings is 1. The van der Waals surface area contributed by atoms with Crippen molar-refractivity contribution in [2.24, 2.45) is 0 Å². The number of thiazole rings is 1. The highest BCUT2D eigenvalue weighted by atomic mass is 32.2. The maximum atomic E-state index is 12.2. The average Bonchev–Trinajstić information content (AvgIpc) is 3.25. The van der Waals surface area contributed by atoms with Crippen molar-refractivity contribution in [2.45, 2.75) is 30.0 Å². The van der Waals surface area contributed by atoms with E-state index < -0.39 is 0 Å². The SMILES string of the molecule is Cc1ccc(-c2csc(S[C@@H](C)C(=O)NCc3cccs3)n2)cc1. The van der Waals surface area contributed by atoms with Gasteiger partial charge in [-0.3, -0.25) is 4.79 Å². The molecule has 0 aliphatic carbocycles. The van der Waals surface area contributed by atoms with Gasteiger partial charge in [-0.05, 0) is 25.3 Å². The highest BCUT2D eigenvalue weighted by molar-refractivity contribution is 8.02. The Kier molecular flexibility index (Phi) is 5.71. The lowest BCUT2D eigenvalue weighted by atomic mass is 10.1. The number of nitrogens with zero attached hydrogens (tertiary/aromatic N) is 1. The molecule has 0 bridgehead atoms. The van der Waals surface area contributed by atoms with E-state index in [0.29, 0.717) is 6.54 Å². The van der Waals surface area contributed by atoms with Crippen molar-refractivity contribution in [3.63, 3.8) is 0 Å². The molecular weight excluding hydrogens is 356 g/mol. The number of benzene rings is 1. The molecule has 0 radical (unpaired) electrons. The number of amides is 1. The smallest absolute Gasteiger partial charge is 0.233 e. The van der Waals surface area contributed by atoms with E-state index in [4.69, 9.17) is 0 Å². The monoisotopic (exact) mass is 374 g/mol. The molecule has 0 aliphatic rings. The highest BCUT2D eigenvalue weighted by Crippen LogP contribution is 2.31. The van der Waals surface area contributed by atoms with Crippen LogP contribution in [0.4, 0.5) is 0 Å². The molecule has 3 aromatic rings. The molecule has 0 fully saturated rings. The first-order valence-corrected chi connectivity index (χ1v) is 10.2. The van der Waals surface area contributed by atoms with Crippen molar-refractivity contribution in [3.8, 4) is 11.3 Å². The Morgan fingerprint density at radius 1 is 1.25 bits per heavy atom. The quantitative estimate of drug-likeness (QED) is 0.619. The minimum Gasteiger partial charge on any atom is -0.350 e. The maximum Gasteiger partial charge on any atom is 0.233 e. The molecule has 1 atom stereocenters. The van der Waals surface area contributed by atoms with Crippen LogP contribution in [0.3, 0.4) is 0 Å². The molecule has 1 N–H and O–H groups in total. The van der Waals surface area contributed by atoms with Crippen molar-refractivity contribution < 1.29 is 4.79 Å². The van der Waals surface area contributed by atoms with Gasteiger partial charge in [-0.2, -0.15) is 0 Å². The average molecular weight is 375 g/mol. The van der Waals surface area contributed by atoms with Gasteiger partial charge in [-0.15, -0.1) is 22.7 Å². The normalized spacial score (nSPS) is 12.1. The summed E-state index contributed by atoms with van der Waals surface area (Å²) < 4.78 is 0.921. The zero-order chi connectivity index (χ0) is 16.9. The topological polar surface area (TPSA) is 42.0 Å². The van der Waals surface area contributed by atoms with Gasteiger partial charge in [-0.1, -0.05) is 47.7 Å². The Bertz CT molecular complexity index is 794. The maximum absolute atomic E-state index is 12.2. The molecule has 0 aliphatic heterocycles. The summed E-state index contributed by atoms with van der Waals surface area (Å²) in [5.41, 5.74) is 3.31. The first-order chi connectivity index (χ1) is 11.6. The van der Waals surface area contributed by atoms with Gasteiger partial charge in [0, 0.05) is 15.8 Å². The number of hydrogen-bond acceptors (Lipinski definition) is 5. The first kappa shape index (κ1) is 17.2. The molecule has 2 aromatic heterocycles. The summed E-state index contributed by atoms with van der Waals surface area (Å²) in [7, 11) is 0. The third-order valence-corrected chi connectivity index (χ3v) is 6.44. The lowest BCUT2D eigenvalue weighted by Gasteiger charge is -2.09. The fourth-order valence-corrected chi connectivity index (χ4v) is 4.74. The Morgan fingerprint density at radius 3 is 2.75 bits per heavy atom. The third-order valence-electron chi connectivity index (χ3n) is 3.49. The Morgan fingerprint density at radius 2 is 2.04 bits per heavy atom. The first-order valence-electron chi connectivity index (χ1n) is 7.61. The minimum atomic E-state index is -0.165. The van der Waals surface area contributed by atoms with E-state index >= 15 is 0 Å². The van der Waals surface area contributed by atoms with Crippen LogP contribution < -0.4 is 5.32 Å². The zero-order valence-electron chi connectivity index (χ0n) is 13.5. The summed E-state index contributed by atoms with van der Waals surface area (Å²) in [5, 5.41) is 6.87. The van der Waals surface area contributed by atoms with E-state index in [2.05, 4.69) is 41.5 Å². The molecule has 0 spiro atoms. The van der Waals surface area contributed by atoms with E-state index in [1.54, 1.807) is 22.7 Å². The molecule has 6 heteroatoms. The van der Waals surface area contributed by atoms with Crippen LogP contribution >= 0.6 is 34.4 Å². The van der Waals surface area contributed by atoms with Crippen LogP contribution in [-0.2, 0) is 11.3 Å². The van der Waals surface area contributed by atoms with Crippen LogP contribution in [-0.4, -0.2) is 16.1 Å². The second-order valence-electron chi connectivity index (χ2n) is 5.42. The van der Waals surface area contributed by atoms with Crippen LogP contribution in [0.25, 0.3) is 11.3 Å². The van der Waals surface area contributed by atoms with Crippen LogP contribution in [0.5, 0.6) is 0 Å². The van der Waals surface area contributed by atoms with Crippen LogP contribution in [0.15, 0.2) is 51.5 Å². The summed E-state index contributed by atoms with van der Waals surface area (Å²) in [5.74, 6) is 0.0421. The molecule has 1 amide bonds. The number of carbonyl (C=O) groups excluding carboxylic acids is 1. The number of hydrogen-bond donors (Lipinski definition) is 1. The number of aromatic nitrogens is 1. The largest absolute Gasteiger partial charge is 0.350 e. The summed E-state index contributed by atoms with van der Waals surface area (Å²) in [6.45, 7) is 4.58. The molecule has 124 valence electrons. The number of nitrogens with one attached hydrogen (secondary N) is 1. The van der Waals surface area contributed by atoms with Crippen LogP contribution in [0.2, 0.25) is 0 Å². The van der Waals surface area contributed by atoms with E-state index in [1.165, 1.54) is 17.3 Å². The molecule has 3 nitrogen and oxygen atoms in total. The highest BCUT2D eigenvalue weighted by Gasteiger charge is 2.16. The predicted molar refractivity (Wildman–Crippen MR) is 104 cm³/mol. The Hall–Kier alpha value is -1.63. The number of aryl methyl sites for hydroxylation is 1. The van der Waals surface area contributed by atoms with Crippen molar-refractivity contribution >= 4 is 40.3 Å². The van der Waals surface area contributed by atoms with Crippen LogP contribution in [0, 0.1) is 6.92 Å². The summed E-state index contributed by atoms with van der Waals surface area (Å²) in [6, 6.07) is 12.3. The van der Waals surface area contributed by atoms with Gasteiger partial charge in [0.25, 0.3) is 0 Å². The van der Waals surface area contributed by atoms with Crippen molar-refractivity contribution in [1.82, 2.24) is 10.3 Å². The lowest BCUT2D eigenvalue weighted by Crippen LogP contribution is -2.30. The van der Waals surface area contributed by atoms with Gasteiger partial charge in [0.1, 0.15) is 0 Å². The fourth-order valence-electron chi connectivity index (χ4n) is 2.10. The second kappa shape index (κ2) is 7.96. The molecule has 0 saturated heterocycles. The molecule has 2 heterocycles. The predicted octanol–water partition coefficient (Wildman–Crippen LogP) is 4.98. The zero-order valence-corrected chi connectivity index (χ0v) is 15.9. The summed E-state index contributed by atoms with van der Waals surface area (Å²) in [6.07, 6.45) is 0. The van der Waals surface area contributed by atoms with Gasteiger partial charge in [0.2, 0.25) is 5.91 Å². The number of carbonyl (C=O) groups is 1. The molecule has 0 unspecified atom stereocenters. The van der Waals surface area contributed by atoms with Gasteiger partial charge in [-0.25, -0.2) is 4.98 Å². The van der Waals surface area contributed by atoms with E-state index in [9.17, 15) is 4.79 Å². The van der Waals surface area contributed by atoms with E-state index in [-0.39, 0.29) is 11.2 Å². The minimum absolute atomic E-state index is 0.0421. The van der Waals surface area contributed by atoms with E-state index in [0.717, 1.165) is 20.5 Å². The van der Waals surface area contributed by atoms with Crippen LogP contribution in [0.1, 0.15) is 17.4 Å². The second-order valence-corrected chi connectivity index (χ2v) is 8.90. The molecular formula is C18H18N2OS3. The lowest BCUT2D eigenvalue weighted by molar-refractivity contribution is -0.120. The van der Waals surface area contributed by atoms with Gasteiger partial charge < -0.3 is 5.32 Å². The Balaban J connectivity index is 1.57. The van der Waals surface area contributed by atoms with Gasteiger partial charge in [0.15, 0.2) is 4.34 Å². The van der Waals surface area contributed by atoms with Gasteiger partial charge in [0.05, 0.1) is 17.5 Å². The fraction of sp³-hybridized carbons (Fsp3) is 0.222. The Labute approximate surface area is 154 Å². The number of thioether (sulfide) groups is 1. The molecule has 3 rings (SSSR count). The standard InChI is InChI=1S/C18H18N2OS3/c1-12-5-7-14(8-6-12)16-11-23-18(20-16)24-13(2)17(21)19-10-15-4-3-9-22-15/h3-9,11,13H,10H2,1-2H3,(H,19,21)/t13-/m0/s1. The van der Waals surface area contributed by atoms with Crippen molar-refractivity contribution in [2.75, 3.05) is 0 Å². The molecule has 24 heavy (non-hydrogen) atoms. The molecule has 0 saturated carbocycles. The summed E-state index contributed by atoms with van der Waals surface area (Å²) in [4.78, 5) is 18.0. The van der Waals surface area contributed by atoms with Crippen molar-refractivity contribution in [1.29, 1.82) is 0 Å².